The van der Waals surface area contributed by atoms with Crippen molar-refractivity contribution in [1.29, 1.82) is 0 Å². The molecule has 0 heterocycles. The van der Waals surface area contributed by atoms with Gasteiger partial charge in [-0.15, -0.1) is 0 Å². The Kier molecular flexibility index (Phi) is 6.73. The SMILES string of the molecule is CC[N+](CC)(CC)CCCC1C=C(C(C)(C)C)C=C1C(C)(C)C. The van der Waals surface area contributed by atoms with Gasteiger partial charge in [-0.25, -0.2) is 0 Å². The van der Waals surface area contributed by atoms with Crippen LogP contribution in [0.15, 0.2) is 23.3 Å². The number of hydrogen-bond acceptors (Lipinski definition) is 0. The van der Waals surface area contributed by atoms with Gasteiger partial charge in [0.25, 0.3) is 0 Å². The van der Waals surface area contributed by atoms with E-state index in [1.165, 1.54) is 49.1 Å². The lowest BCUT2D eigenvalue weighted by Gasteiger charge is -2.36. The van der Waals surface area contributed by atoms with Gasteiger partial charge in [0.1, 0.15) is 0 Å². The summed E-state index contributed by atoms with van der Waals surface area (Å²) >= 11 is 0. The lowest BCUT2D eigenvalue weighted by atomic mass is 9.79. The summed E-state index contributed by atoms with van der Waals surface area (Å²) in [4.78, 5) is 0. The molecule has 23 heavy (non-hydrogen) atoms. The van der Waals surface area contributed by atoms with E-state index in [2.05, 4.69) is 74.5 Å². The summed E-state index contributed by atoms with van der Waals surface area (Å²) in [7, 11) is 0. The maximum absolute atomic E-state index is 2.57. The zero-order chi connectivity index (χ0) is 17.9. The Balaban J connectivity index is 2.82. The van der Waals surface area contributed by atoms with E-state index in [0.717, 1.165) is 0 Å². The standard InChI is InChI=1S/C22H42N/c1-10-23(11-2,12-3)15-13-14-18-16-19(21(4,5)6)17-20(18)22(7,8)9/h16-18H,10-15H2,1-9H3/q+1. The highest BCUT2D eigenvalue weighted by Gasteiger charge is 2.32. The highest BCUT2D eigenvalue weighted by atomic mass is 15.3. The van der Waals surface area contributed by atoms with Crippen LogP contribution in [0, 0.1) is 16.7 Å². The van der Waals surface area contributed by atoms with Gasteiger partial charge in [-0.1, -0.05) is 59.3 Å². The normalized spacial score (nSPS) is 19.8. The van der Waals surface area contributed by atoms with Crippen molar-refractivity contribution in [2.24, 2.45) is 16.7 Å². The van der Waals surface area contributed by atoms with E-state index in [1.807, 2.05) is 0 Å². The van der Waals surface area contributed by atoms with E-state index in [0.29, 0.717) is 5.92 Å². The zero-order valence-electron chi connectivity index (χ0n) is 17.4. The third-order valence-corrected chi connectivity index (χ3v) is 5.98. The van der Waals surface area contributed by atoms with Crippen LogP contribution in [0.4, 0.5) is 0 Å². The molecule has 0 radical (unpaired) electrons. The van der Waals surface area contributed by atoms with Crippen LogP contribution >= 0.6 is 0 Å². The van der Waals surface area contributed by atoms with Crippen molar-refractivity contribution in [1.82, 2.24) is 0 Å². The molecule has 0 bridgehead atoms. The molecule has 1 aliphatic carbocycles. The van der Waals surface area contributed by atoms with E-state index in [-0.39, 0.29) is 10.8 Å². The van der Waals surface area contributed by atoms with Crippen LogP contribution in [0.25, 0.3) is 0 Å². The molecule has 0 amide bonds. The van der Waals surface area contributed by atoms with Gasteiger partial charge in [0.15, 0.2) is 0 Å². The molecule has 0 N–H and O–H groups in total. The molecule has 0 aromatic rings. The molecule has 1 unspecified atom stereocenters. The first-order chi connectivity index (χ1) is 10.5. The second kappa shape index (κ2) is 7.55. The summed E-state index contributed by atoms with van der Waals surface area (Å²) in [6.45, 7) is 26.3. The Morgan fingerprint density at radius 2 is 1.39 bits per heavy atom. The summed E-state index contributed by atoms with van der Waals surface area (Å²) in [6.07, 6.45) is 7.72. The Bertz CT molecular complexity index is 427. The number of hydrogen-bond donors (Lipinski definition) is 0. The van der Waals surface area contributed by atoms with Crippen LogP contribution in [-0.2, 0) is 0 Å². The second-order valence-corrected chi connectivity index (χ2v) is 9.48. The highest BCUT2D eigenvalue weighted by molar-refractivity contribution is 5.41. The molecular weight excluding hydrogens is 278 g/mol. The van der Waals surface area contributed by atoms with E-state index >= 15 is 0 Å². The van der Waals surface area contributed by atoms with E-state index in [4.69, 9.17) is 0 Å². The van der Waals surface area contributed by atoms with Gasteiger partial charge in [-0.05, 0) is 55.9 Å². The van der Waals surface area contributed by atoms with Crippen molar-refractivity contribution in [2.45, 2.75) is 75.2 Å². The van der Waals surface area contributed by atoms with E-state index in [9.17, 15) is 0 Å². The molecule has 1 atom stereocenters. The van der Waals surface area contributed by atoms with E-state index in [1.54, 1.807) is 5.57 Å². The first kappa shape index (κ1) is 20.5. The molecule has 1 aliphatic rings. The summed E-state index contributed by atoms with van der Waals surface area (Å²) in [6, 6.07) is 0. The van der Waals surface area contributed by atoms with Crippen molar-refractivity contribution in [3.8, 4) is 0 Å². The number of quaternary nitrogens is 1. The van der Waals surface area contributed by atoms with Crippen molar-refractivity contribution in [2.75, 3.05) is 26.2 Å². The highest BCUT2D eigenvalue weighted by Crippen LogP contribution is 2.44. The Hall–Kier alpha value is -0.560. The zero-order valence-corrected chi connectivity index (χ0v) is 17.4. The Morgan fingerprint density at radius 1 is 0.870 bits per heavy atom. The largest absolute Gasteiger partial charge is 0.324 e. The fourth-order valence-corrected chi connectivity index (χ4v) is 3.90. The number of allylic oxidation sites excluding steroid dienone is 4. The average molecular weight is 321 g/mol. The molecule has 0 aromatic carbocycles. The molecule has 0 fully saturated rings. The lowest BCUT2D eigenvalue weighted by Crippen LogP contribution is -2.48. The predicted molar refractivity (Wildman–Crippen MR) is 105 cm³/mol. The average Bonchev–Trinajstić information content (AvgIpc) is 2.88. The molecule has 134 valence electrons. The van der Waals surface area contributed by atoms with Crippen LogP contribution in [-0.4, -0.2) is 30.7 Å². The van der Waals surface area contributed by atoms with Gasteiger partial charge in [0.2, 0.25) is 0 Å². The first-order valence-electron chi connectivity index (χ1n) is 9.78. The minimum Gasteiger partial charge on any atom is -0.324 e. The van der Waals surface area contributed by atoms with Gasteiger partial charge in [-0.2, -0.15) is 0 Å². The molecule has 0 saturated heterocycles. The van der Waals surface area contributed by atoms with Crippen molar-refractivity contribution in [3.63, 3.8) is 0 Å². The Morgan fingerprint density at radius 3 is 1.78 bits per heavy atom. The maximum atomic E-state index is 2.57. The summed E-state index contributed by atoms with van der Waals surface area (Å²) in [5.41, 5.74) is 3.72. The van der Waals surface area contributed by atoms with Gasteiger partial charge in [0, 0.05) is 0 Å². The maximum Gasteiger partial charge on any atom is 0.0786 e. The van der Waals surface area contributed by atoms with Crippen molar-refractivity contribution < 1.29 is 4.48 Å². The van der Waals surface area contributed by atoms with Gasteiger partial charge in [0.05, 0.1) is 26.2 Å². The van der Waals surface area contributed by atoms with Crippen LogP contribution in [0.5, 0.6) is 0 Å². The molecule has 0 aromatic heterocycles. The first-order valence-corrected chi connectivity index (χ1v) is 9.78. The number of nitrogens with zero attached hydrogens (tertiary/aromatic N) is 1. The summed E-state index contributed by atoms with van der Waals surface area (Å²) in [5.74, 6) is 0.650. The van der Waals surface area contributed by atoms with Gasteiger partial charge in [-0.3, -0.25) is 0 Å². The third-order valence-electron chi connectivity index (χ3n) is 5.98. The monoisotopic (exact) mass is 320 g/mol. The molecule has 0 spiro atoms. The van der Waals surface area contributed by atoms with Gasteiger partial charge >= 0.3 is 0 Å². The molecular formula is C22H42N+. The van der Waals surface area contributed by atoms with Crippen LogP contribution in [0.1, 0.15) is 75.2 Å². The Labute approximate surface area is 146 Å². The predicted octanol–water partition coefficient (Wildman–Crippen LogP) is 6.22. The fraction of sp³-hybridized carbons (Fsp3) is 0.818. The smallest absolute Gasteiger partial charge is 0.0786 e. The minimum atomic E-state index is 0.265. The molecule has 1 nitrogen and oxygen atoms in total. The molecule has 1 heteroatoms. The lowest BCUT2D eigenvalue weighted by molar-refractivity contribution is -0.923. The third kappa shape index (κ3) is 5.21. The summed E-state index contributed by atoms with van der Waals surface area (Å²) < 4.78 is 1.27. The fourth-order valence-electron chi connectivity index (χ4n) is 3.90. The quantitative estimate of drug-likeness (QED) is 0.489. The molecule has 0 saturated carbocycles. The van der Waals surface area contributed by atoms with Crippen LogP contribution < -0.4 is 0 Å². The van der Waals surface area contributed by atoms with E-state index < -0.39 is 0 Å². The topological polar surface area (TPSA) is 0 Å². The molecule has 1 rings (SSSR count). The van der Waals surface area contributed by atoms with Gasteiger partial charge < -0.3 is 4.48 Å². The molecule has 0 aliphatic heterocycles. The second-order valence-electron chi connectivity index (χ2n) is 9.48. The van der Waals surface area contributed by atoms with Crippen molar-refractivity contribution in [3.05, 3.63) is 23.3 Å². The minimum absolute atomic E-state index is 0.265. The van der Waals surface area contributed by atoms with Crippen LogP contribution in [0.2, 0.25) is 0 Å². The number of rotatable bonds is 7. The van der Waals surface area contributed by atoms with Crippen molar-refractivity contribution >= 4 is 0 Å². The summed E-state index contributed by atoms with van der Waals surface area (Å²) in [5, 5.41) is 0. The van der Waals surface area contributed by atoms with Crippen LogP contribution in [0.3, 0.4) is 0 Å².